The first-order chi connectivity index (χ1) is 14.8. The van der Waals surface area contributed by atoms with E-state index in [1.807, 2.05) is 0 Å². The molecule has 180 valence electrons. The number of carbonyl (C=O) groups is 2. The largest absolute Gasteiger partial charge is 0.481 e. The number of amides is 1. The summed E-state index contributed by atoms with van der Waals surface area (Å²) in [6.07, 6.45) is -2.81. The summed E-state index contributed by atoms with van der Waals surface area (Å²) in [5.41, 5.74) is -0.854. The van der Waals surface area contributed by atoms with E-state index in [4.69, 9.17) is 14.5 Å². The predicted molar refractivity (Wildman–Crippen MR) is 102 cm³/mol. The summed E-state index contributed by atoms with van der Waals surface area (Å²) >= 11 is 0. The second-order valence-electron chi connectivity index (χ2n) is 6.40. The van der Waals surface area contributed by atoms with Crippen LogP contribution in [0.4, 0.5) is 5.82 Å². The Morgan fingerprint density at radius 3 is 2.59 bits per heavy atom. The number of aliphatic hydroxyl groups is 1. The molecule has 0 radical (unpaired) electrons. The normalized spacial score (nSPS) is 22.8. The SMILES string of the molecule is COC(=O)CCC(=O)Nc1ccn([C@H]2C[C@@H](O)[C@@H](COP(=O)(O)OP(=O)(O)O)O2)c(=O)n1. The van der Waals surface area contributed by atoms with Gasteiger partial charge in [-0.05, 0) is 6.07 Å². The molecule has 0 bridgehead atoms. The summed E-state index contributed by atoms with van der Waals surface area (Å²) in [7, 11) is -9.26. The highest BCUT2D eigenvalue weighted by Crippen LogP contribution is 2.57. The fourth-order valence-corrected chi connectivity index (χ4v) is 4.19. The monoisotopic (exact) mass is 501 g/mol. The van der Waals surface area contributed by atoms with E-state index < -0.39 is 58.3 Å². The summed E-state index contributed by atoms with van der Waals surface area (Å²) in [6.45, 7) is -0.776. The number of nitrogens with zero attached hydrogens (tertiary/aromatic N) is 2. The minimum atomic E-state index is -5.30. The average molecular weight is 501 g/mol. The van der Waals surface area contributed by atoms with Gasteiger partial charge in [0.1, 0.15) is 18.1 Å². The fourth-order valence-electron chi connectivity index (χ4n) is 2.59. The Bertz CT molecular complexity index is 992. The minimum absolute atomic E-state index is 0.0876. The lowest BCUT2D eigenvalue weighted by atomic mass is 10.2. The molecule has 0 spiro atoms. The molecule has 1 aliphatic heterocycles. The van der Waals surface area contributed by atoms with Gasteiger partial charge in [-0.15, -0.1) is 0 Å². The first-order valence-electron chi connectivity index (χ1n) is 8.83. The van der Waals surface area contributed by atoms with E-state index in [-0.39, 0.29) is 25.1 Å². The van der Waals surface area contributed by atoms with Crippen LogP contribution < -0.4 is 11.0 Å². The molecule has 32 heavy (non-hydrogen) atoms. The summed E-state index contributed by atoms with van der Waals surface area (Å²) in [5, 5.41) is 12.4. The quantitative estimate of drug-likeness (QED) is 0.191. The summed E-state index contributed by atoms with van der Waals surface area (Å²) in [6, 6.07) is 1.27. The highest BCUT2D eigenvalue weighted by Gasteiger charge is 2.39. The van der Waals surface area contributed by atoms with Crippen LogP contribution >= 0.6 is 15.6 Å². The molecule has 1 aliphatic rings. The van der Waals surface area contributed by atoms with Crippen LogP contribution in [-0.4, -0.2) is 67.1 Å². The van der Waals surface area contributed by atoms with E-state index in [9.17, 15) is 33.5 Å². The maximum atomic E-state index is 12.3. The Morgan fingerprint density at radius 1 is 1.31 bits per heavy atom. The van der Waals surface area contributed by atoms with E-state index in [0.29, 0.717) is 0 Å². The van der Waals surface area contributed by atoms with Crippen LogP contribution in [0.5, 0.6) is 0 Å². The number of ether oxygens (including phenoxy) is 2. The van der Waals surface area contributed by atoms with Crippen molar-refractivity contribution in [3.8, 4) is 0 Å². The third kappa shape index (κ3) is 8.16. The molecule has 1 unspecified atom stereocenters. The zero-order valence-corrected chi connectivity index (χ0v) is 18.3. The van der Waals surface area contributed by atoms with Gasteiger partial charge < -0.3 is 34.6 Å². The van der Waals surface area contributed by atoms with E-state index in [2.05, 4.69) is 23.9 Å². The van der Waals surface area contributed by atoms with Crippen LogP contribution in [0, 0.1) is 0 Å². The highest BCUT2D eigenvalue weighted by molar-refractivity contribution is 7.60. The standard InChI is InChI=1S/C14H21N3O13P2/c1-27-13(20)3-2-11(19)15-10-4-5-17(14(21)16-10)12-6-8(18)9(29-12)7-28-32(25,26)30-31(22,23)24/h4-5,8-9,12,18H,2-3,6-7H2,1H3,(H,25,26)(H2,22,23,24)(H,15,16,19,21)/t8-,9-,12-/m1/s1. The van der Waals surface area contributed by atoms with Crippen molar-refractivity contribution in [2.24, 2.45) is 0 Å². The van der Waals surface area contributed by atoms with Crippen LogP contribution in [0.3, 0.4) is 0 Å². The van der Waals surface area contributed by atoms with Gasteiger partial charge in [-0.3, -0.25) is 18.7 Å². The number of carbonyl (C=O) groups excluding carboxylic acids is 2. The number of hydrogen-bond acceptors (Lipinski definition) is 11. The molecule has 1 fully saturated rings. The molecule has 0 aromatic carbocycles. The smallest absolute Gasteiger partial charge is 0.469 e. The number of phosphoric acid groups is 2. The Hall–Kier alpha value is -2.00. The van der Waals surface area contributed by atoms with Crippen LogP contribution in [0.15, 0.2) is 17.1 Å². The first kappa shape index (κ1) is 26.3. The maximum absolute atomic E-state index is 12.3. The van der Waals surface area contributed by atoms with Crippen molar-refractivity contribution in [3.05, 3.63) is 22.7 Å². The lowest BCUT2D eigenvalue weighted by molar-refractivity contribution is -0.141. The molecule has 2 rings (SSSR count). The van der Waals surface area contributed by atoms with E-state index in [1.165, 1.54) is 19.4 Å². The van der Waals surface area contributed by atoms with E-state index >= 15 is 0 Å². The van der Waals surface area contributed by atoms with Crippen LogP contribution in [0.25, 0.3) is 0 Å². The number of aromatic nitrogens is 2. The zero-order valence-electron chi connectivity index (χ0n) is 16.5. The average Bonchev–Trinajstić information content (AvgIpc) is 3.03. The van der Waals surface area contributed by atoms with Crippen molar-refractivity contribution in [2.45, 2.75) is 37.7 Å². The molecular formula is C14H21N3O13P2. The summed E-state index contributed by atoms with van der Waals surface area (Å²) < 4.78 is 41.0. The molecule has 1 aromatic rings. The van der Waals surface area contributed by atoms with E-state index in [0.717, 1.165) is 4.57 Å². The minimum Gasteiger partial charge on any atom is -0.469 e. The lowest BCUT2D eigenvalue weighted by Crippen LogP contribution is -2.29. The van der Waals surface area contributed by atoms with Crippen molar-refractivity contribution < 1.29 is 56.8 Å². The van der Waals surface area contributed by atoms with Gasteiger partial charge in [-0.1, -0.05) is 0 Å². The number of anilines is 1. The van der Waals surface area contributed by atoms with E-state index in [1.54, 1.807) is 0 Å². The number of aliphatic hydroxyl groups excluding tert-OH is 1. The summed E-state index contributed by atoms with van der Waals surface area (Å²) in [4.78, 5) is 65.1. The second-order valence-corrected chi connectivity index (χ2v) is 9.23. The second kappa shape index (κ2) is 10.7. The molecule has 0 aliphatic carbocycles. The van der Waals surface area contributed by atoms with Crippen LogP contribution in [-0.2, 0) is 37.0 Å². The van der Waals surface area contributed by atoms with Gasteiger partial charge >= 0.3 is 27.3 Å². The number of nitrogens with one attached hydrogen (secondary N) is 1. The Kier molecular flexibility index (Phi) is 8.82. The Balaban J connectivity index is 1.96. The molecule has 1 aromatic heterocycles. The highest BCUT2D eigenvalue weighted by atomic mass is 31.3. The summed E-state index contributed by atoms with van der Waals surface area (Å²) in [5.74, 6) is -1.24. The van der Waals surface area contributed by atoms with Crippen molar-refractivity contribution >= 4 is 33.3 Å². The first-order valence-corrected chi connectivity index (χ1v) is 11.9. The molecule has 1 saturated heterocycles. The van der Waals surface area contributed by atoms with Crippen molar-refractivity contribution in [1.82, 2.24) is 9.55 Å². The van der Waals surface area contributed by atoms with Crippen molar-refractivity contribution in [3.63, 3.8) is 0 Å². The zero-order chi connectivity index (χ0) is 24.1. The maximum Gasteiger partial charge on any atom is 0.481 e. The predicted octanol–water partition coefficient (Wildman–Crippen LogP) is -0.990. The van der Waals surface area contributed by atoms with Gasteiger partial charge in [-0.25, -0.2) is 13.9 Å². The number of hydrogen-bond donors (Lipinski definition) is 5. The van der Waals surface area contributed by atoms with Crippen molar-refractivity contribution in [2.75, 3.05) is 19.0 Å². The van der Waals surface area contributed by atoms with Gasteiger partial charge in [0.25, 0.3) is 0 Å². The number of rotatable bonds is 10. The molecule has 2 heterocycles. The molecule has 18 heteroatoms. The Morgan fingerprint density at radius 2 is 2.00 bits per heavy atom. The van der Waals surface area contributed by atoms with Gasteiger partial charge in [-0.2, -0.15) is 9.29 Å². The van der Waals surface area contributed by atoms with Gasteiger partial charge in [0.05, 0.1) is 26.2 Å². The topological polar surface area (TPSA) is 233 Å². The van der Waals surface area contributed by atoms with Gasteiger partial charge in [0.15, 0.2) is 0 Å². The number of esters is 1. The third-order valence-corrected chi connectivity index (χ3v) is 6.16. The molecule has 1 amide bonds. The molecule has 5 N–H and O–H groups in total. The number of phosphoric ester groups is 1. The van der Waals surface area contributed by atoms with Crippen molar-refractivity contribution in [1.29, 1.82) is 0 Å². The van der Waals surface area contributed by atoms with Crippen LogP contribution in [0.2, 0.25) is 0 Å². The Labute approximate surface area is 179 Å². The molecule has 0 saturated carbocycles. The molecule has 16 nitrogen and oxygen atoms in total. The molecule has 4 atom stereocenters. The number of methoxy groups -OCH3 is 1. The van der Waals surface area contributed by atoms with Gasteiger partial charge in [0.2, 0.25) is 5.91 Å². The fraction of sp³-hybridized carbons (Fsp3) is 0.571. The third-order valence-electron chi connectivity index (χ3n) is 4.01. The lowest BCUT2D eigenvalue weighted by Gasteiger charge is -2.18. The molecular weight excluding hydrogens is 480 g/mol. The van der Waals surface area contributed by atoms with Crippen LogP contribution in [0.1, 0.15) is 25.5 Å². The van der Waals surface area contributed by atoms with Gasteiger partial charge in [0, 0.05) is 19.0 Å².